The third-order valence-corrected chi connectivity index (χ3v) is 3.67. The fourth-order valence-corrected chi connectivity index (χ4v) is 2.15. The maximum atomic E-state index is 10.9. The quantitative estimate of drug-likeness (QED) is 0.853. The zero-order valence-electron chi connectivity index (χ0n) is 11.8. The zero-order chi connectivity index (χ0) is 15.2. The number of benzene rings is 2. The van der Waals surface area contributed by atoms with Crippen molar-refractivity contribution in [1.82, 2.24) is 5.32 Å². The third kappa shape index (κ3) is 4.59. The van der Waals surface area contributed by atoms with Crippen molar-refractivity contribution in [3.8, 4) is 0 Å². The van der Waals surface area contributed by atoms with E-state index in [0.29, 0.717) is 0 Å². The second kappa shape index (κ2) is 7.25. The number of carboxylic acids is 1. The first-order valence-corrected chi connectivity index (χ1v) is 7.21. The van der Waals surface area contributed by atoms with Gasteiger partial charge in [0, 0.05) is 18.1 Å². The Kier molecular flexibility index (Phi) is 5.37. The predicted octanol–water partition coefficient (Wildman–Crippen LogP) is 3.82. The summed E-state index contributed by atoms with van der Waals surface area (Å²) >= 11 is 5.84. The van der Waals surface area contributed by atoms with Gasteiger partial charge in [0.15, 0.2) is 0 Å². The van der Waals surface area contributed by atoms with Crippen LogP contribution in [0.1, 0.15) is 29.5 Å². The van der Waals surface area contributed by atoms with Crippen LogP contribution in [0, 0.1) is 0 Å². The highest BCUT2D eigenvalue weighted by Crippen LogP contribution is 2.16. The Hall–Kier alpha value is -1.84. The van der Waals surface area contributed by atoms with Gasteiger partial charge in [-0.15, -0.1) is 0 Å². The minimum atomic E-state index is -0.802. The molecule has 1 atom stereocenters. The van der Waals surface area contributed by atoms with E-state index in [2.05, 4.69) is 5.32 Å². The smallest absolute Gasteiger partial charge is 0.310 e. The number of rotatable bonds is 6. The Morgan fingerprint density at radius 1 is 1.05 bits per heavy atom. The highest BCUT2D eigenvalue weighted by atomic mass is 35.5. The monoisotopic (exact) mass is 303 g/mol. The molecule has 2 N–H and O–H groups in total. The lowest BCUT2D eigenvalue weighted by molar-refractivity contribution is -0.138. The van der Waals surface area contributed by atoms with Gasteiger partial charge in [-0.1, -0.05) is 48.0 Å². The molecule has 4 heteroatoms. The Bertz CT molecular complexity index is 593. The molecule has 2 rings (SSSR count). The number of carbonyl (C=O) groups is 1. The molecule has 0 heterocycles. The second-order valence-electron chi connectivity index (χ2n) is 5.03. The van der Waals surface area contributed by atoms with Crippen LogP contribution in [0.25, 0.3) is 0 Å². The van der Waals surface area contributed by atoms with Crippen LogP contribution in [-0.2, 0) is 17.9 Å². The number of carboxylic acid groups (broad SMARTS) is 1. The summed E-state index contributed by atoms with van der Waals surface area (Å²) in [7, 11) is 0. The molecule has 0 aliphatic rings. The Labute approximate surface area is 129 Å². The van der Waals surface area contributed by atoms with Crippen molar-refractivity contribution in [3.63, 3.8) is 0 Å². The summed E-state index contributed by atoms with van der Waals surface area (Å²) in [4.78, 5) is 10.9. The van der Waals surface area contributed by atoms with Gasteiger partial charge in [0.2, 0.25) is 0 Å². The largest absolute Gasteiger partial charge is 0.481 e. The van der Waals surface area contributed by atoms with Crippen molar-refractivity contribution < 1.29 is 9.90 Å². The van der Waals surface area contributed by atoms with Gasteiger partial charge in [-0.05, 0) is 35.7 Å². The van der Waals surface area contributed by atoms with Crippen molar-refractivity contribution in [3.05, 3.63) is 70.2 Å². The van der Waals surface area contributed by atoms with Crippen LogP contribution in [0.4, 0.5) is 0 Å². The molecule has 0 spiro atoms. The van der Waals surface area contributed by atoms with E-state index < -0.39 is 11.9 Å². The third-order valence-electron chi connectivity index (χ3n) is 3.42. The summed E-state index contributed by atoms with van der Waals surface area (Å²) in [6.45, 7) is 3.20. The normalized spacial score (nSPS) is 12.1. The number of hydrogen-bond donors (Lipinski definition) is 2. The lowest BCUT2D eigenvalue weighted by atomic mass is 10.00. The maximum Gasteiger partial charge on any atom is 0.310 e. The van der Waals surface area contributed by atoms with Crippen molar-refractivity contribution in [2.45, 2.75) is 25.9 Å². The first-order valence-electron chi connectivity index (χ1n) is 6.83. The number of halogens is 1. The van der Waals surface area contributed by atoms with E-state index in [4.69, 9.17) is 16.7 Å². The molecule has 0 aromatic heterocycles. The van der Waals surface area contributed by atoms with Crippen LogP contribution < -0.4 is 5.32 Å². The van der Waals surface area contributed by atoms with Gasteiger partial charge in [-0.25, -0.2) is 0 Å². The Morgan fingerprint density at radius 3 is 2.00 bits per heavy atom. The first kappa shape index (κ1) is 15.5. The van der Waals surface area contributed by atoms with Crippen LogP contribution in [0.15, 0.2) is 48.5 Å². The van der Waals surface area contributed by atoms with Gasteiger partial charge in [0.1, 0.15) is 0 Å². The molecule has 1 unspecified atom stereocenters. The van der Waals surface area contributed by atoms with E-state index in [1.54, 1.807) is 6.92 Å². The molecule has 2 aromatic carbocycles. The Morgan fingerprint density at radius 2 is 1.52 bits per heavy atom. The molecule has 0 saturated heterocycles. The predicted molar refractivity (Wildman–Crippen MR) is 84.5 cm³/mol. The fraction of sp³-hybridized carbons (Fsp3) is 0.235. The van der Waals surface area contributed by atoms with Crippen LogP contribution in [0.2, 0.25) is 5.02 Å². The van der Waals surface area contributed by atoms with Gasteiger partial charge in [-0.2, -0.15) is 0 Å². The summed E-state index contributed by atoms with van der Waals surface area (Å²) < 4.78 is 0. The molecule has 3 nitrogen and oxygen atoms in total. The lowest BCUT2D eigenvalue weighted by Gasteiger charge is -2.09. The van der Waals surface area contributed by atoms with Crippen LogP contribution in [0.3, 0.4) is 0 Å². The van der Waals surface area contributed by atoms with Crippen LogP contribution in [-0.4, -0.2) is 11.1 Å². The summed E-state index contributed by atoms with van der Waals surface area (Å²) in [5.41, 5.74) is 3.13. The highest BCUT2D eigenvalue weighted by Gasteiger charge is 2.12. The molecule has 110 valence electrons. The number of hydrogen-bond acceptors (Lipinski definition) is 2. The average Bonchev–Trinajstić information content (AvgIpc) is 2.49. The first-order chi connectivity index (χ1) is 10.1. The summed E-state index contributed by atoms with van der Waals surface area (Å²) in [6, 6.07) is 15.4. The highest BCUT2D eigenvalue weighted by molar-refractivity contribution is 6.30. The molecule has 0 amide bonds. The molecule has 0 bridgehead atoms. The molecular weight excluding hydrogens is 286 g/mol. The molecular formula is C17H18ClNO2. The molecule has 0 saturated carbocycles. The topological polar surface area (TPSA) is 49.3 Å². The van der Waals surface area contributed by atoms with Gasteiger partial charge >= 0.3 is 5.97 Å². The second-order valence-corrected chi connectivity index (χ2v) is 5.47. The molecule has 0 radical (unpaired) electrons. The van der Waals surface area contributed by atoms with E-state index in [1.807, 2.05) is 48.5 Å². The van der Waals surface area contributed by atoms with Crippen LogP contribution in [0.5, 0.6) is 0 Å². The minimum absolute atomic E-state index is 0.471. The van der Waals surface area contributed by atoms with E-state index in [9.17, 15) is 4.79 Å². The maximum absolute atomic E-state index is 10.9. The fourth-order valence-electron chi connectivity index (χ4n) is 2.02. The van der Waals surface area contributed by atoms with Crippen LogP contribution >= 0.6 is 11.6 Å². The molecule has 2 aromatic rings. The zero-order valence-corrected chi connectivity index (χ0v) is 12.6. The lowest BCUT2D eigenvalue weighted by Crippen LogP contribution is -2.13. The van der Waals surface area contributed by atoms with Crippen molar-refractivity contribution in [1.29, 1.82) is 0 Å². The SMILES string of the molecule is CC(C(=O)O)c1ccc(CNCc2ccc(Cl)cc2)cc1. The standard InChI is InChI=1S/C17H18ClNO2/c1-12(17(20)21)15-6-2-13(3-7-15)10-19-11-14-4-8-16(18)9-5-14/h2-9,12,19H,10-11H2,1H3,(H,20,21). The van der Waals surface area contributed by atoms with Gasteiger partial charge in [-0.3, -0.25) is 4.79 Å². The summed E-state index contributed by atoms with van der Waals surface area (Å²) in [6.07, 6.45) is 0. The number of aliphatic carboxylic acids is 1. The molecule has 0 fully saturated rings. The van der Waals surface area contributed by atoms with Gasteiger partial charge < -0.3 is 10.4 Å². The van der Waals surface area contributed by atoms with E-state index in [0.717, 1.165) is 29.2 Å². The van der Waals surface area contributed by atoms with Gasteiger partial charge in [0.25, 0.3) is 0 Å². The molecule has 0 aliphatic carbocycles. The molecule has 21 heavy (non-hydrogen) atoms. The van der Waals surface area contributed by atoms with Crippen molar-refractivity contribution in [2.75, 3.05) is 0 Å². The van der Waals surface area contributed by atoms with E-state index in [-0.39, 0.29) is 0 Å². The van der Waals surface area contributed by atoms with Crippen molar-refractivity contribution >= 4 is 17.6 Å². The summed E-state index contributed by atoms with van der Waals surface area (Å²) in [5.74, 6) is -1.27. The summed E-state index contributed by atoms with van der Waals surface area (Å²) in [5, 5.41) is 13.1. The minimum Gasteiger partial charge on any atom is -0.481 e. The van der Waals surface area contributed by atoms with Gasteiger partial charge in [0.05, 0.1) is 5.92 Å². The van der Waals surface area contributed by atoms with E-state index >= 15 is 0 Å². The molecule has 0 aliphatic heterocycles. The number of nitrogens with one attached hydrogen (secondary N) is 1. The average molecular weight is 304 g/mol. The Balaban J connectivity index is 1.86. The van der Waals surface area contributed by atoms with E-state index in [1.165, 1.54) is 5.56 Å². The van der Waals surface area contributed by atoms with Crippen molar-refractivity contribution in [2.24, 2.45) is 0 Å².